The van der Waals surface area contributed by atoms with Crippen LogP contribution < -0.4 is 10.6 Å². The van der Waals surface area contributed by atoms with Crippen molar-refractivity contribution in [3.8, 4) is 0 Å². The fourth-order valence-corrected chi connectivity index (χ4v) is 4.16. The lowest BCUT2D eigenvalue weighted by Crippen LogP contribution is -2.38. The van der Waals surface area contributed by atoms with Gasteiger partial charge in [0.05, 0.1) is 40.9 Å². The number of hydrogen-bond donors (Lipinski definition) is 2. The highest BCUT2D eigenvalue weighted by Crippen LogP contribution is 2.28. The zero-order valence-electron chi connectivity index (χ0n) is 16.3. The van der Waals surface area contributed by atoms with Gasteiger partial charge in [-0.1, -0.05) is 17.7 Å². The normalized spacial score (nSPS) is 18.9. The summed E-state index contributed by atoms with van der Waals surface area (Å²) in [6.45, 7) is 2.51. The van der Waals surface area contributed by atoms with Gasteiger partial charge in [-0.05, 0) is 55.8 Å². The molecule has 2 N–H and O–H groups in total. The smallest absolute Gasteiger partial charge is 0.132 e. The standard InChI is InChI=1S/C23H21ClFN5/c24-14-3-4-19(25)18(10-14)23-17(7-9-27-23)20-5-6-21-22(30-20)11-16(13-28-21)29-15-2-1-8-26-12-15/h3-7,10-11,13,15,26,29H,1-2,8-9,12H2. The summed E-state index contributed by atoms with van der Waals surface area (Å²) < 4.78 is 14.4. The molecule has 0 radical (unpaired) electrons. The first kappa shape index (κ1) is 19.2. The third-order valence-corrected chi connectivity index (χ3v) is 5.70. The molecule has 5 rings (SSSR count). The van der Waals surface area contributed by atoms with Crippen LogP contribution in [-0.2, 0) is 0 Å². The zero-order valence-corrected chi connectivity index (χ0v) is 17.1. The van der Waals surface area contributed by atoms with E-state index in [1.54, 1.807) is 6.07 Å². The van der Waals surface area contributed by atoms with Gasteiger partial charge >= 0.3 is 0 Å². The number of benzene rings is 1. The van der Waals surface area contributed by atoms with E-state index in [1.807, 2.05) is 30.5 Å². The van der Waals surface area contributed by atoms with Crippen molar-refractivity contribution in [1.82, 2.24) is 15.3 Å². The van der Waals surface area contributed by atoms with E-state index >= 15 is 0 Å². The highest BCUT2D eigenvalue weighted by Gasteiger charge is 2.21. The molecular weight excluding hydrogens is 401 g/mol. The minimum atomic E-state index is -0.346. The van der Waals surface area contributed by atoms with Gasteiger partial charge in [0.15, 0.2) is 0 Å². The number of aromatic nitrogens is 2. The van der Waals surface area contributed by atoms with E-state index in [0.29, 0.717) is 28.9 Å². The first-order chi connectivity index (χ1) is 14.7. The summed E-state index contributed by atoms with van der Waals surface area (Å²) in [7, 11) is 0. The number of piperidine rings is 1. The Bertz CT molecular complexity index is 1170. The van der Waals surface area contributed by atoms with Crippen LogP contribution in [0.4, 0.5) is 10.1 Å². The maximum absolute atomic E-state index is 14.4. The van der Waals surface area contributed by atoms with E-state index in [4.69, 9.17) is 16.6 Å². The Morgan fingerprint density at radius 3 is 2.93 bits per heavy atom. The van der Waals surface area contributed by atoms with Crippen LogP contribution in [0.3, 0.4) is 0 Å². The van der Waals surface area contributed by atoms with E-state index in [1.165, 1.54) is 12.1 Å². The Balaban J connectivity index is 1.46. The van der Waals surface area contributed by atoms with Crippen LogP contribution in [0.2, 0.25) is 5.02 Å². The molecule has 2 aliphatic rings. The van der Waals surface area contributed by atoms with E-state index in [0.717, 1.165) is 53.9 Å². The monoisotopic (exact) mass is 421 g/mol. The Morgan fingerprint density at radius 1 is 1.13 bits per heavy atom. The van der Waals surface area contributed by atoms with Crippen molar-refractivity contribution < 1.29 is 4.39 Å². The molecule has 0 bridgehead atoms. The largest absolute Gasteiger partial charge is 0.380 e. The molecule has 152 valence electrons. The molecule has 1 saturated heterocycles. The van der Waals surface area contributed by atoms with Crippen LogP contribution in [0.25, 0.3) is 16.6 Å². The highest BCUT2D eigenvalue weighted by molar-refractivity contribution is 6.35. The fourth-order valence-electron chi connectivity index (χ4n) is 3.99. The third-order valence-electron chi connectivity index (χ3n) is 5.46. The predicted molar refractivity (Wildman–Crippen MR) is 120 cm³/mol. The van der Waals surface area contributed by atoms with E-state index in [-0.39, 0.29) is 5.82 Å². The van der Waals surface area contributed by atoms with Crippen LogP contribution in [0.1, 0.15) is 24.1 Å². The van der Waals surface area contributed by atoms with Crippen molar-refractivity contribution in [3.05, 3.63) is 70.8 Å². The van der Waals surface area contributed by atoms with E-state index in [2.05, 4.69) is 20.6 Å². The van der Waals surface area contributed by atoms with Crippen molar-refractivity contribution in [1.29, 1.82) is 0 Å². The summed E-state index contributed by atoms with van der Waals surface area (Å²) in [6.07, 6.45) is 6.11. The first-order valence-corrected chi connectivity index (χ1v) is 10.5. The number of hydrogen-bond acceptors (Lipinski definition) is 5. The van der Waals surface area contributed by atoms with E-state index < -0.39 is 0 Å². The van der Waals surface area contributed by atoms with Gasteiger partial charge in [-0.3, -0.25) is 9.98 Å². The number of rotatable bonds is 4. The summed E-state index contributed by atoms with van der Waals surface area (Å²) in [5.41, 5.74) is 5.10. The van der Waals surface area contributed by atoms with Crippen molar-refractivity contribution in [2.75, 3.05) is 25.0 Å². The van der Waals surface area contributed by atoms with Crippen LogP contribution in [0.5, 0.6) is 0 Å². The minimum absolute atomic E-state index is 0.346. The average Bonchev–Trinajstić information content (AvgIpc) is 3.25. The molecule has 7 heteroatoms. The Kier molecular flexibility index (Phi) is 5.19. The summed E-state index contributed by atoms with van der Waals surface area (Å²) >= 11 is 6.09. The number of fused-ring (bicyclic) bond motifs is 1. The van der Waals surface area contributed by atoms with Gasteiger partial charge in [-0.25, -0.2) is 9.37 Å². The summed E-state index contributed by atoms with van der Waals surface area (Å²) in [6, 6.07) is 10.8. The first-order valence-electron chi connectivity index (χ1n) is 10.1. The summed E-state index contributed by atoms with van der Waals surface area (Å²) in [4.78, 5) is 13.9. The SMILES string of the molecule is Fc1ccc(Cl)cc1C1=NCC=C1c1ccc2ncc(NC3CCCNC3)cc2n1. The molecule has 1 fully saturated rings. The van der Waals surface area contributed by atoms with Crippen molar-refractivity contribution in [2.24, 2.45) is 4.99 Å². The molecule has 1 aromatic carbocycles. The lowest BCUT2D eigenvalue weighted by Gasteiger charge is -2.24. The van der Waals surface area contributed by atoms with Gasteiger partial charge in [-0.15, -0.1) is 0 Å². The van der Waals surface area contributed by atoms with Gasteiger partial charge < -0.3 is 10.6 Å². The molecule has 4 heterocycles. The van der Waals surface area contributed by atoms with Crippen molar-refractivity contribution in [3.63, 3.8) is 0 Å². The molecule has 1 unspecified atom stereocenters. The molecular formula is C23H21ClFN5. The zero-order chi connectivity index (χ0) is 20.5. The molecule has 3 aromatic rings. The maximum atomic E-state index is 14.4. The van der Waals surface area contributed by atoms with Gasteiger partial charge in [0.1, 0.15) is 5.82 Å². The maximum Gasteiger partial charge on any atom is 0.132 e. The average molecular weight is 422 g/mol. The van der Waals surface area contributed by atoms with Gasteiger partial charge in [-0.2, -0.15) is 0 Å². The Hall–Kier alpha value is -2.83. The molecule has 0 saturated carbocycles. The lowest BCUT2D eigenvalue weighted by molar-refractivity contribution is 0.480. The lowest BCUT2D eigenvalue weighted by atomic mass is 9.99. The van der Waals surface area contributed by atoms with Crippen LogP contribution >= 0.6 is 11.6 Å². The summed E-state index contributed by atoms with van der Waals surface area (Å²) in [5, 5.41) is 7.43. The number of allylic oxidation sites excluding steroid dienone is 1. The van der Waals surface area contributed by atoms with Crippen molar-refractivity contribution >= 4 is 39.6 Å². The fraction of sp³-hybridized carbons (Fsp3) is 0.261. The second-order valence-corrected chi connectivity index (χ2v) is 8.01. The molecule has 5 nitrogen and oxygen atoms in total. The number of halogens is 2. The molecule has 1 atom stereocenters. The van der Waals surface area contributed by atoms with Crippen LogP contribution in [0.15, 0.2) is 53.7 Å². The highest BCUT2D eigenvalue weighted by atomic mass is 35.5. The molecule has 0 spiro atoms. The molecule has 0 amide bonds. The Labute approximate surface area is 179 Å². The molecule has 30 heavy (non-hydrogen) atoms. The van der Waals surface area contributed by atoms with Gasteiger partial charge in [0.2, 0.25) is 0 Å². The van der Waals surface area contributed by atoms with Gasteiger partial charge in [0.25, 0.3) is 0 Å². The second-order valence-electron chi connectivity index (χ2n) is 7.58. The van der Waals surface area contributed by atoms with Crippen molar-refractivity contribution in [2.45, 2.75) is 18.9 Å². The Morgan fingerprint density at radius 2 is 2.07 bits per heavy atom. The van der Waals surface area contributed by atoms with Crippen LogP contribution in [0, 0.1) is 5.82 Å². The topological polar surface area (TPSA) is 62.2 Å². The molecule has 2 aliphatic heterocycles. The number of pyridine rings is 2. The quantitative estimate of drug-likeness (QED) is 0.652. The molecule has 2 aromatic heterocycles. The van der Waals surface area contributed by atoms with Gasteiger partial charge in [0, 0.05) is 28.7 Å². The second kappa shape index (κ2) is 8.13. The number of anilines is 1. The number of nitrogens with zero attached hydrogens (tertiary/aromatic N) is 3. The van der Waals surface area contributed by atoms with Crippen LogP contribution in [-0.4, -0.2) is 41.4 Å². The molecule has 0 aliphatic carbocycles. The summed E-state index contributed by atoms with van der Waals surface area (Å²) in [5.74, 6) is -0.346. The number of aliphatic imine (C=N–C) groups is 1. The predicted octanol–water partition coefficient (Wildman–Crippen LogP) is 4.47. The third kappa shape index (κ3) is 3.80. The minimum Gasteiger partial charge on any atom is -0.380 e. The number of nitrogens with one attached hydrogen (secondary N) is 2. The van der Waals surface area contributed by atoms with E-state index in [9.17, 15) is 4.39 Å².